The number of ether oxygens (including phenoxy) is 1. The lowest BCUT2D eigenvalue weighted by molar-refractivity contribution is -0.140. The minimum atomic E-state index is -4.48. The number of hydrogen-bond acceptors (Lipinski definition) is 6. The molecule has 0 aromatic heterocycles. The minimum absolute atomic E-state index is 0.559. The summed E-state index contributed by atoms with van der Waals surface area (Å²) < 4.78 is 30.3. The summed E-state index contributed by atoms with van der Waals surface area (Å²) in [5, 5.41) is 8.69. The van der Waals surface area contributed by atoms with E-state index in [1.807, 2.05) is 0 Å². The standard InChI is InChI=1S/C8H15N3O7S/c1-4(2)18-8(15)11-19(16,17)10-5(7(13)14)3-6(9)12/h4-5,10H,3H2,1-2H3,(H2,9,12)(H,11,15)(H,13,14). The molecule has 1 unspecified atom stereocenters. The molecular weight excluding hydrogens is 282 g/mol. The second-order valence-electron chi connectivity index (χ2n) is 3.74. The van der Waals surface area contributed by atoms with Crippen LogP contribution >= 0.6 is 0 Å². The molecule has 0 aliphatic carbocycles. The van der Waals surface area contributed by atoms with Gasteiger partial charge in [0, 0.05) is 0 Å². The van der Waals surface area contributed by atoms with E-state index in [9.17, 15) is 22.8 Å². The van der Waals surface area contributed by atoms with Crippen LogP contribution < -0.4 is 15.2 Å². The molecular formula is C8H15N3O7S. The Morgan fingerprint density at radius 2 is 1.84 bits per heavy atom. The Hall–Kier alpha value is -1.88. The van der Waals surface area contributed by atoms with Crippen LogP contribution in [0.3, 0.4) is 0 Å². The maximum Gasteiger partial charge on any atom is 0.422 e. The summed E-state index contributed by atoms with van der Waals surface area (Å²) in [4.78, 5) is 32.3. The van der Waals surface area contributed by atoms with Crippen molar-refractivity contribution >= 4 is 28.2 Å². The van der Waals surface area contributed by atoms with Gasteiger partial charge < -0.3 is 15.6 Å². The molecule has 0 spiro atoms. The molecule has 5 N–H and O–H groups in total. The van der Waals surface area contributed by atoms with Gasteiger partial charge in [0.05, 0.1) is 12.5 Å². The fourth-order valence-electron chi connectivity index (χ4n) is 0.945. The zero-order valence-electron chi connectivity index (χ0n) is 10.2. The lowest BCUT2D eigenvalue weighted by atomic mass is 10.2. The Kier molecular flexibility index (Phi) is 6.21. The smallest absolute Gasteiger partial charge is 0.422 e. The van der Waals surface area contributed by atoms with Gasteiger partial charge in [0.1, 0.15) is 6.04 Å². The molecule has 11 heteroatoms. The van der Waals surface area contributed by atoms with E-state index in [1.54, 1.807) is 4.72 Å². The molecule has 0 saturated carbocycles. The van der Waals surface area contributed by atoms with Crippen LogP contribution in [0.5, 0.6) is 0 Å². The van der Waals surface area contributed by atoms with Gasteiger partial charge in [-0.05, 0) is 13.8 Å². The topological polar surface area (TPSA) is 165 Å². The Balaban J connectivity index is 4.68. The van der Waals surface area contributed by atoms with Crippen molar-refractivity contribution in [2.75, 3.05) is 0 Å². The fraction of sp³-hybridized carbons (Fsp3) is 0.625. The van der Waals surface area contributed by atoms with Crippen molar-refractivity contribution in [3.8, 4) is 0 Å². The predicted octanol–water partition coefficient (Wildman–Crippen LogP) is -1.72. The average Bonchev–Trinajstić information content (AvgIpc) is 2.11. The monoisotopic (exact) mass is 297 g/mol. The summed E-state index contributed by atoms with van der Waals surface area (Å²) in [5.74, 6) is -2.62. The third kappa shape index (κ3) is 7.94. The maximum atomic E-state index is 11.4. The normalized spacial score (nSPS) is 12.8. The molecule has 0 bridgehead atoms. The first-order valence-corrected chi connectivity index (χ1v) is 6.53. The number of nitrogens with two attached hydrogens (primary N) is 1. The largest absolute Gasteiger partial charge is 0.480 e. The van der Waals surface area contributed by atoms with Gasteiger partial charge in [0.25, 0.3) is 0 Å². The highest BCUT2D eigenvalue weighted by molar-refractivity contribution is 7.88. The number of aliphatic carboxylic acids is 1. The number of primary amides is 1. The lowest BCUT2D eigenvalue weighted by Gasteiger charge is -2.14. The average molecular weight is 297 g/mol. The maximum absolute atomic E-state index is 11.4. The quantitative estimate of drug-likeness (QED) is 0.434. The van der Waals surface area contributed by atoms with E-state index < -0.39 is 46.7 Å². The zero-order chi connectivity index (χ0) is 15.2. The number of rotatable bonds is 7. The third-order valence-electron chi connectivity index (χ3n) is 1.56. The fourth-order valence-corrected chi connectivity index (χ4v) is 1.83. The number of carboxylic acid groups (broad SMARTS) is 1. The summed E-state index contributed by atoms with van der Waals surface area (Å²) in [7, 11) is -4.48. The van der Waals surface area contributed by atoms with E-state index in [-0.39, 0.29) is 0 Å². The Morgan fingerprint density at radius 1 is 1.32 bits per heavy atom. The van der Waals surface area contributed by atoms with Crippen molar-refractivity contribution in [1.29, 1.82) is 0 Å². The molecule has 0 aromatic rings. The van der Waals surface area contributed by atoms with E-state index in [0.717, 1.165) is 0 Å². The molecule has 0 aliphatic rings. The van der Waals surface area contributed by atoms with Gasteiger partial charge >= 0.3 is 22.3 Å². The van der Waals surface area contributed by atoms with Gasteiger partial charge in [-0.3, -0.25) is 9.59 Å². The molecule has 0 rings (SSSR count). The van der Waals surface area contributed by atoms with Gasteiger partial charge in [-0.15, -0.1) is 0 Å². The van der Waals surface area contributed by atoms with Gasteiger partial charge in [-0.1, -0.05) is 0 Å². The van der Waals surface area contributed by atoms with Crippen molar-refractivity contribution in [1.82, 2.24) is 9.44 Å². The number of nitrogens with one attached hydrogen (secondary N) is 2. The highest BCUT2D eigenvalue weighted by Gasteiger charge is 2.27. The Labute approximate surface area is 109 Å². The SMILES string of the molecule is CC(C)OC(=O)NS(=O)(=O)NC(CC(N)=O)C(=O)O. The van der Waals surface area contributed by atoms with Gasteiger partial charge in [-0.2, -0.15) is 13.1 Å². The van der Waals surface area contributed by atoms with Crippen molar-refractivity contribution in [2.45, 2.75) is 32.4 Å². The molecule has 0 aliphatic heterocycles. The minimum Gasteiger partial charge on any atom is -0.480 e. The Bertz CT molecular complexity index is 459. The van der Waals surface area contributed by atoms with Crippen LogP contribution in [0.25, 0.3) is 0 Å². The zero-order valence-corrected chi connectivity index (χ0v) is 11.1. The van der Waals surface area contributed by atoms with E-state index in [4.69, 9.17) is 10.8 Å². The molecule has 19 heavy (non-hydrogen) atoms. The summed E-state index contributed by atoms with van der Waals surface area (Å²) in [5.41, 5.74) is 4.77. The highest BCUT2D eigenvalue weighted by Crippen LogP contribution is 1.96. The molecule has 0 fully saturated rings. The first kappa shape index (κ1) is 17.1. The summed E-state index contributed by atoms with van der Waals surface area (Å²) in [6.07, 6.45) is -2.59. The van der Waals surface area contributed by atoms with Gasteiger partial charge in [-0.25, -0.2) is 9.52 Å². The lowest BCUT2D eigenvalue weighted by Crippen LogP contribution is -2.49. The van der Waals surface area contributed by atoms with E-state index >= 15 is 0 Å². The van der Waals surface area contributed by atoms with E-state index in [0.29, 0.717) is 0 Å². The molecule has 2 amide bonds. The van der Waals surface area contributed by atoms with Crippen LogP contribution in [0, 0.1) is 0 Å². The predicted molar refractivity (Wildman–Crippen MR) is 62.0 cm³/mol. The number of carbonyl (C=O) groups excluding carboxylic acids is 2. The number of carboxylic acids is 1. The molecule has 0 saturated heterocycles. The third-order valence-corrected chi connectivity index (χ3v) is 2.59. The number of amides is 2. The second-order valence-corrected chi connectivity index (χ2v) is 5.19. The molecule has 10 nitrogen and oxygen atoms in total. The highest BCUT2D eigenvalue weighted by atomic mass is 32.2. The molecule has 1 atom stereocenters. The summed E-state index contributed by atoms with van der Waals surface area (Å²) >= 11 is 0. The summed E-state index contributed by atoms with van der Waals surface area (Å²) in [6.45, 7) is 2.99. The number of carbonyl (C=O) groups is 3. The van der Waals surface area contributed by atoms with E-state index in [1.165, 1.54) is 18.6 Å². The first-order chi connectivity index (χ1) is 8.53. The molecule has 0 heterocycles. The van der Waals surface area contributed by atoms with Crippen molar-refractivity contribution in [2.24, 2.45) is 5.73 Å². The second kappa shape index (κ2) is 6.89. The van der Waals surface area contributed by atoms with Crippen LogP contribution in [-0.4, -0.2) is 43.6 Å². The molecule has 0 aromatic carbocycles. The molecule has 110 valence electrons. The van der Waals surface area contributed by atoms with Crippen LogP contribution in [-0.2, 0) is 24.5 Å². The van der Waals surface area contributed by atoms with E-state index in [2.05, 4.69) is 4.74 Å². The van der Waals surface area contributed by atoms with Crippen LogP contribution in [0.4, 0.5) is 4.79 Å². The van der Waals surface area contributed by atoms with Crippen molar-refractivity contribution < 1.29 is 32.6 Å². The first-order valence-electron chi connectivity index (χ1n) is 5.05. The number of hydrogen-bond donors (Lipinski definition) is 4. The van der Waals surface area contributed by atoms with Crippen LogP contribution in [0.1, 0.15) is 20.3 Å². The van der Waals surface area contributed by atoms with Gasteiger partial charge in [0.15, 0.2) is 0 Å². The van der Waals surface area contributed by atoms with Crippen molar-refractivity contribution in [3.63, 3.8) is 0 Å². The van der Waals surface area contributed by atoms with Gasteiger partial charge in [0.2, 0.25) is 5.91 Å². The molecule has 0 radical (unpaired) electrons. The summed E-state index contributed by atoms with van der Waals surface area (Å²) in [6, 6.07) is -1.78. The van der Waals surface area contributed by atoms with Crippen molar-refractivity contribution in [3.05, 3.63) is 0 Å². The Morgan fingerprint density at radius 3 is 2.21 bits per heavy atom. The van der Waals surface area contributed by atoms with Crippen LogP contribution in [0.2, 0.25) is 0 Å². The van der Waals surface area contributed by atoms with Crippen LogP contribution in [0.15, 0.2) is 0 Å².